The van der Waals surface area contributed by atoms with E-state index in [2.05, 4.69) is 194 Å². The van der Waals surface area contributed by atoms with Gasteiger partial charge in [-0.3, -0.25) is 0 Å². The van der Waals surface area contributed by atoms with Gasteiger partial charge in [-0.15, -0.1) is 0 Å². The maximum Gasteiger partial charge on any atom is -0.00262 e. The van der Waals surface area contributed by atoms with Crippen molar-refractivity contribution in [2.24, 2.45) is 0 Å². The molecule has 0 aliphatic rings. The van der Waals surface area contributed by atoms with E-state index >= 15 is 0 Å². The summed E-state index contributed by atoms with van der Waals surface area (Å²) in [7, 11) is 0. The Morgan fingerprint density at radius 2 is 0.542 bits per heavy atom. The molecule has 0 aromatic heterocycles. The van der Waals surface area contributed by atoms with Crippen LogP contribution in [0.3, 0.4) is 0 Å². The van der Waals surface area contributed by atoms with Crippen LogP contribution in [0.25, 0.3) is 88.0 Å². The lowest BCUT2D eigenvalue weighted by molar-refractivity contribution is 1.57. The van der Waals surface area contributed by atoms with Gasteiger partial charge in [-0.05, 0) is 112 Å². The molecule has 9 aromatic rings. The lowest BCUT2D eigenvalue weighted by Crippen LogP contribution is -1.91. The molecule has 0 aliphatic carbocycles. The summed E-state index contributed by atoms with van der Waals surface area (Å²) in [5.74, 6) is 0. The normalized spacial score (nSPS) is 11.3. The van der Waals surface area contributed by atoms with Crippen LogP contribution < -0.4 is 0 Å². The number of fused-ring (bicyclic) bond motifs is 3. The van der Waals surface area contributed by atoms with Crippen molar-refractivity contribution in [2.75, 3.05) is 0 Å². The molecule has 9 rings (SSSR count). The molecule has 224 valence electrons. The third-order valence-corrected chi connectivity index (χ3v) is 9.62. The van der Waals surface area contributed by atoms with Gasteiger partial charge in [0.1, 0.15) is 0 Å². The Labute approximate surface area is 281 Å². The fourth-order valence-corrected chi connectivity index (χ4v) is 7.34. The Morgan fingerprint density at radius 3 is 1.06 bits per heavy atom. The SMILES string of the molecule is c1ccc(-c2cccc(-c3cccc(-c4cccc(-c5c6ccccc6c(-c6ccc7ccccc7c6)c6ccccc56)c4)c3)c2)cc1. The molecule has 0 aliphatic heterocycles. The van der Waals surface area contributed by atoms with E-state index in [4.69, 9.17) is 0 Å². The predicted molar refractivity (Wildman–Crippen MR) is 206 cm³/mol. The predicted octanol–water partition coefficient (Wildman–Crippen LogP) is 13.5. The van der Waals surface area contributed by atoms with Crippen molar-refractivity contribution < 1.29 is 0 Å². The minimum Gasteiger partial charge on any atom is -0.0622 e. The molecule has 0 amide bonds. The van der Waals surface area contributed by atoms with Crippen LogP contribution in [0.1, 0.15) is 0 Å². The summed E-state index contributed by atoms with van der Waals surface area (Å²) in [5.41, 5.74) is 12.3. The molecule has 0 spiro atoms. The smallest absolute Gasteiger partial charge is 0.00262 e. The van der Waals surface area contributed by atoms with Crippen LogP contribution in [0.15, 0.2) is 194 Å². The first-order valence-electron chi connectivity index (χ1n) is 16.6. The Balaban J connectivity index is 1.19. The zero-order valence-electron chi connectivity index (χ0n) is 26.5. The second-order valence-electron chi connectivity index (χ2n) is 12.5. The molecule has 9 aromatic carbocycles. The van der Waals surface area contributed by atoms with E-state index in [0.29, 0.717) is 0 Å². The van der Waals surface area contributed by atoms with Gasteiger partial charge in [0.15, 0.2) is 0 Å². The molecule has 0 unspecified atom stereocenters. The van der Waals surface area contributed by atoms with Gasteiger partial charge in [0.25, 0.3) is 0 Å². The standard InChI is InChI=1S/C48H32/c1-2-13-33(14-3-1)36-17-10-18-37(29-36)38-19-11-20-39(30-38)40-21-12-22-41(32-40)47-43-23-6-8-25-45(43)48(46-26-9-7-24-44(46)47)42-28-27-34-15-4-5-16-35(34)31-42/h1-32H. The molecule has 0 fully saturated rings. The Morgan fingerprint density at radius 1 is 0.188 bits per heavy atom. The largest absolute Gasteiger partial charge is 0.0622 e. The van der Waals surface area contributed by atoms with Crippen LogP contribution >= 0.6 is 0 Å². The molecular weight excluding hydrogens is 577 g/mol. The van der Waals surface area contributed by atoms with Gasteiger partial charge in [-0.1, -0.05) is 170 Å². The van der Waals surface area contributed by atoms with Crippen molar-refractivity contribution in [1.82, 2.24) is 0 Å². The molecule has 48 heavy (non-hydrogen) atoms. The van der Waals surface area contributed by atoms with Crippen LogP contribution in [0.4, 0.5) is 0 Å². The Bertz CT molecular complexity index is 2550. The monoisotopic (exact) mass is 608 g/mol. The molecule has 0 nitrogen and oxygen atoms in total. The zero-order chi connectivity index (χ0) is 31.9. The summed E-state index contributed by atoms with van der Waals surface area (Å²) < 4.78 is 0. The van der Waals surface area contributed by atoms with E-state index in [1.165, 1.54) is 88.0 Å². The highest BCUT2D eigenvalue weighted by Gasteiger charge is 2.17. The van der Waals surface area contributed by atoms with Gasteiger partial charge >= 0.3 is 0 Å². The topological polar surface area (TPSA) is 0 Å². The molecule has 0 radical (unpaired) electrons. The zero-order valence-corrected chi connectivity index (χ0v) is 26.5. The van der Waals surface area contributed by atoms with E-state index in [-0.39, 0.29) is 0 Å². The van der Waals surface area contributed by atoms with Gasteiger partial charge < -0.3 is 0 Å². The second-order valence-corrected chi connectivity index (χ2v) is 12.5. The number of hydrogen-bond donors (Lipinski definition) is 0. The summed E-state index contributed by atoms with van der Waals surface area (Å²) in [4.78, 5) is 0. The Hall–Kier alpha value is -6.24. The molecule has 0 atom stereocenters. The number of rotatable bonds is 5. The van der Waals surface area contributed by atoms with Crippen molar-refractivity contribution in [3.8, 4) is 55.6 Å². The lowest BCUT2D eigenvalue weighted by atomic mass is 9.85. The second kappa shape index (κ2) is 11.8. The quantitative estimate of drug-likeness (QED) is 0.171. The molecular formula is C48H32. The third kappa shape index (κ3) is 4.96. The van der Waals surface area contributed by atoms with Crippen molar-refractivity contribution in [3.05, 3.63) is 194 Å². The highest BCUT2D eigenvalue weighted by molar-refractivity contribution is 6.21. The van der Waals surface area contributed by atoms with Gasteiger partial charge in [-0.25, -0.2) is 0 Å². The van der Waals surface area contributed by atoms with Gasteiger partial charge in [0.2, 0.25) is 0 Å². The number of hydrogen-bond acceptors (Lipinski definition) is 0. The summed E-state index contributed by atoms with van der Waals surface area (Å²) in [6.45, 7) is 0. The fourth-order valence-electron chi connectivity index (χ4n) is 7.34. The number of benzene rings is 9. The van der Waals surface area contributed by atoms with Crippen LogP contribution in [-0.2, 0) is 0 Å². The summed E-state index contributed by atoms with van der Waals surface area (Å²) >= 11 is 0. The van der Waals surface area contributed by atoms with Gasteiger partial charge in [-0.2, -0.15) is 0 Å². The van der Waals surface area contributed by atoms with Gasteiger partial charge in [0.05, 0.1) is 0 Å². The molecule has 0 heteroatoms. The maximum absolute atomic E-state index is 2.36. The van der Waals surface area contributed by atoms with E-state index < -0.39 is 0 Å². The first-order chi connectivity index (χ1) is 23.8. The van der Waals surface area contributed by atoms with Crippen LogP contribution in [0, 0.1) is 0 Å². The highest BCUT2D eigenvalue weighted by atomic mass is 14.2. The minimum absolute atomic E-state index is 1.21. The fraction of sp³-hybridized carbons (Fsp3) is 0. The molecule has 0 saturated carbocycles. The maximum atomic E-state index is 2.36. The average Bonchev–Trinajstić information content (AvgIpc) is 3.17. The van der Waals surface area contributed by atoms with Crippen molar-refractivity contribution >= 4 is 32.3 Å². The molecule has 0 saturated heterocycles. The van der Waals surface area contributed by atoms with E-state index in [1.54, 1.807) is 0 Å². The van der Waals surface area contributed by atoms with Crippen molar-refractivity contribution in [3.63, 3.8) is 0 Å². The first kappa shape index (κ1) is 28.0. The summed E-state index contributed by atoms with van der Waals surface area (Å²) in [6, 6.07) is 70.7. The molecule has 0 bridgehead atoms. The third-order valence-electron chi connectivity index (χ3n) is 9.62. The molecule has 0 N–H and O–H groups in total. The lowest BCUT2D eigenvalue weighted by Gasteiger charge is -2.18. The van der Waals surface area contributed by atoms with E-state index in [9.17, 15) is 0 Å². The van der Waals surface area contributed by atoms with E-state index in [0.717, 1.165) is 0 Å². The van der Waals surface area contributed by atoms with Crippen LogP contribution in [0.5, 0.6) is 0 Å². The van der Waals surface area contributed by atoms with Crippen LogP contribution in [0.2, 0.25) is 0 Å². The Kier molecular flexibility index (Phi) is 6.91. The van der Waals surface area contributed by atoms with Crippen molar-refractivity contribution in [1.29, 1.82) is 0 Å². The van der Waals surface area contributed by atoms with E-state index in [1.807, 2.05) is 0 Å². The summed E-state index contributed by atoms with van der Waals surface area (Å²) in [5, 5.41) is 7.59. The summed E-state index contributed by atoms with van der Waals surface area (Å²) in [6.07, 6.45) is 0. The van der Waals surface area contributed by atoms with Crippen LogP contribution in [-0.4, -0.2) is 0 Å². The molecule has 0 heterocycles. The minimum atomic E-state index is 1.21. The highest BCUT2D eigenvalue weighted by Crippen LogP contribution is 2.44. The first-order valence-corrected chi connectivity index (χ1v) is 16.6. The van der Waals surface area contributed by atoms with Gasteiger partial charge in [0, 0.05) is 0 Å². The van der Waals surface area contributed by atoms with Crippen molar-refractivity contribution in [2.45, 2.75) is 0 Å². The average molecular weight is 609 g/mol.